The van der Waals surface area contributed by atoms with Crippen molar-refractivity contribution in [3.8, 4) is 11.1 Å². The largest absolute Gasteiger partial charge is 0.398 e. The van der Waals surface area contributed by atoms with Gasteiger partial charge in [-0.05, 0) is 41.0 Å². The Morgan fingerprint density at radius 1 is 1.07 bits per heavy atom. The number of hydrogen-bond acceptors (Lipinski definition) is 6. The van der Waals surface area contributed by atoms with Crippen LogP contribution in [0.1, 0.15) is 11.1 Å². The number of pyridine rings is 1. The maximum atomic E-state index is 6.41. The molecule has 0 bridgehead atoms. The second kappa shape index (κ2) is 11.0. The predicted octanol–water partition coefficient (Wildman–Crippen LogP) is 4.34. The van der Waals surface area contributed by atoms with E-state index >= 15 is 0 Å². The molecule has 0 saturated heterocycles. The standard InChI is InChI=1S/C23H25N5S/c24-22(10-12-27-17-18-5-4-11-26-16-18)21-15-20(19-6-2-1-3-7-19)8-9-23(21)28-13-14-29-25/h1-12,15-16,28H,13-14,17,24-25H2/b22-10-,27-12?. The normalized spacial score (nSPS) is 11.7. The van der Waals surface area contributed by atoms with Crippen LogP contribution in [0.5, 0.6) is 0 Å². The van der Waals surface area contributed by atoms with Gasteiger partial charge in [0, 0.05) is 47.9 Å². The van der Waals surface area contributed by atoms with Gasteiger partial charge in [-0.2, -0.15) is 0 Å². The first kappa shape index (κ1) is 20.6. The summed E-state index contributed by atoms with van der Waals surface area (Å²) in [5.41, 5.74) is 12.3. The Labute approximate surface area is 176 Å². The molecule has 1 heterocycles. The Hall–Kier alpha value is -3.09. The van der Waals surface area contributed by atoms with E-state index in [1.807, 2.05) is 42.6 Å². The van der Waals surface area contributed by atoms with Gasteiger partial charge in [0.15, 0.2) is 0 Å². The van der Waals surface area contributed by atoms with Crippen LogP contribution >= 0.6 is 11.9 Å². The molecule has 5 nitrogen and oxygen atoms in total. The Bertz CT molecular complexity index is 956. The van der Waals surface area contributed by atoms with E-state index in [0.29, 0.717) is 12.2 Å². The number of nitrogens with zero attached hydrogens (tertiary/aromatic N) is 2. The van der Waals surface area contributed by atoms with Crippen LogP contribution in [-0.2, 0) is 6.54 Å². The average Bonchev–Trinajstić information content (AvgIpc) is 2.78. The van der Waals surface area contributed by atoms with Gasteiger partial charge >= 0.3 is 0 Å². The summed E-state index contributed by atoms with van der Waals surface area (Å²) < 4.78 is 0. The molecule has 0 fully saturated rings. The topological polar surface area (TPSA) is 89.3 Å². The third kappa shape index (κ3) is 6.20. The zero-order valence-corrected chi connectivity index (χ0v) is 17.0. The number of anilines is 1. The summed E-state index contributed by atoms with van der Waals surface area (Å²) in [7, 11) is 0. The van der Waals surface area contributed by atoms with Crippen LogP contribution in [0, 0.1) is 0 Å². The molecule has 0 saturated carbocycles. The second-order valence-electron chi connectivity index (χ2n) is 6.40. The first-order chi connectivity index (χ1) is 14.3. The van der Waals surface area contributed by atoms with Crippen molar-refractivity contribution in [1.29, 1.82) is 0 Å². The number of rotatable bonds is 9. The Morgan fingerprint density at radius 3 is 2.69 bits per heavy atom. The molecule has 6 heteroatoms. The summed E-state index contributed by atoms with van der Waals surface area (Å²) in [6.45, 7) is 1.34. The summed E-state index contributed by atoms with van der Waals surface area (Å²) in [4.78, 5) is 8.53. The highest BCUT2D eigenvalue weighted by Gasteiger charge is 2.08. The molecule has 0 aliphatic carbocycles. The second-order valence-corrected chi connectivity index (χ2v) is 7.14. The van der Waals surface area contributed by atoms with Crippen LogP contribution < -0.4 is 16.2 Å². The van der Waals surface area contributed by atoms with E-state index in [9.17, 15) is 0 Å². The molecule has 3 aromatic rings. The summed E-state index contributed by atoms with van der Waals surface area (Å²) in [6, 6.07) is 20.4. The van der Waals surface area contributed by atoms with E-state index in [4.69, 9.17) is 10.9 Å². The Morgan fingerprint density at radius 2 is 1.93 bits per heavy atom. The van der Waals surface area contributed by atoms with Crippen molar-refractivity contribution in [2.75, 3.05) is 17.6 Å². The Kier molecular flexibility index (Phi) is 7.86. The lowest BCUT2D eigenvalue weighted by molar-refractivity contribution is 1.05. The van der Waals surface area contributed by atoms with Crippen LogP contribution in [-0.4, -0.2) is 23.5 Å². The third-order valence-electron chi connectivity index (χ3n) is 4.33. The molecule has 0 aliphatic heterocycles. The lowest BCUT2D eigenvalue weighted by Crippen LogP contribution is -2.09. The SMILES string of the molecule is NSCCNc1ccc(-c2ccccc2)cc1/C(N)=C/C=NCc1cccnc1. The highest BCUT2D eigenvalue weighted by atomic mass is 32.2. The zero-order valence-electron chi connectivity index (χ0n) is 16.2. The molecular weight excluding hydrogens is 378 g/mol. The lowest BCUT2D eigenvalue weighted by atomic mass is 10.00. The molecule has 0 atom stereocenters. The fourth-order valence-corrected chi connectivity index (χ4v) is 3.08. The molecule has 0 spiro atoms. The van der Waals surface area contributed by atoms with E-state index in [1.165, 1.54) is 11.9 Å². The van der Waals surface area contributed by atoms with Gasteiger partial charge in [0.05, 0.1) is 6.54 Å². The maximum absolute atomic E-state index is 6.41. The van der Waals surface area contributed by atoms with Crippen LogP contribution in [0.3, 0.4) is 0 Å². The van der Waals surface area contributed by atoms with Gasteiger partial charge in [0.25, 0.3) is 0 Å². The van der Waals surface area contributed by atoms with Crippen LogP contribution in [0.15, 0.2) is 84.1 Å². The molecule has 148 valence electrons. The molecular formula is C23H25N5S. The zero-order chi connectivity index (χ0) is 20.3. The minimum Gasteiger partial charge on any atom is -0.398 e. The fourth-order valence-electron chi connectivity index (χ4n) is 2.86. The summed E-state index contributed by atoms with van der Waals surface area (Å²) in [5.74, 6) is 0.816. The number of aliphatic imine (C=N–C) groups is 1. The molecule has 0 radical (unpaired) electrons. The van der Waals surface area contributed by atoms with Crippen molar-refractivity contribution in [2.24, 2.45) is 15.9 Å². The molecule has 0 unspecified atom stereocenters. The molecule has 0 aliphatic rings. The van der Waals surface area contributed by atoms with Crippen molar-refractivity contribution in [3.63, 3.8) is 0 Å². The van der Waals surface area contributed by atoms with Gasteiger partial charge in [0.1, 0.15) is 0 Å². The van der Waals surface area contributed by atoms with Gasteiger partial charge in [-0.3, -0.25) is 15.1 Å². The number of aromatic nitrogens is 1. The molecule has 29 heavy (non-hydrogen) atoms. The monoisotopic (exact) mass is 403 g/mol. The van der Waals surface area contributed by atoms with Crippen molar-refractivity contribution in [1.82, 2.24) is 4.98 Å². The van der Waals surface area contributed by atoms with Crippen molar-refractivity contribution >= 4 is 29.5 Å². The van der Waals surface area contributed by atoms with Crippen molar-refractivity contribution in [2.45, 2.75) is 6.54 Å². The maximum Gasteiger partial charge on any atom is 0.0654 e. The van der Waals surface area contributed by atoms with Crippen LogP contribution in [0.25, 0.3) is 16.8 Å². The van der Waals surface area contributed by atoms with Gasteiger partial charge in [-0.25, -0.2) is 0 Å². The summed E-state index contributed by atoms with van der Waals surface area (Å²) in [5, 5.41) is 8.95. The van der Waals surface area contributed by atoms with E-state index in [1.54, 1.807) is 12.4 Å². The van der Waals surface area contributed by atoms with Crippen molar-refractivity contribution < 1.29 is 0 Å². The van der Waals surface area contributed by atoms with E-state index < -0.39 is 0 Å². The molecule has 2 aromatic carbocycles. The Balaban J connectivity index is 1.82. The van der Waals surface area contributed by atoms with E-state index in [0.717, 1.165) is 40.2 Å². The minimum atomic E-state index is 0.570. The highest BCUT2D eigenvalue weighted by molar-refractivity contribution is 7.97. The molecule has 3 rings (SSSR count). The number of allylic oxidation sites excluding steroid dienone is 1. The smallest absolute Gasteiger partial charge is 0.0654 e. The number of nitrogens with two attached hydrogens (primary N) is 2. The third-order valence-corrected chi connectivity index (χ3v) is 4.77. The van der Waals surface area contributed by atoms with Gasteiger partial charge in [0.2, 0.25) is 0 Å². The van der Waals surface area contributed by atoms with Gasteiger partial charge in [-0.15, -0.1) is 0 Å². The average molecular weight is 404 g/mol. The summed E-state index contributed by atoms with van der Waals surface area (Å²) in [6.07, 6.45) is 7.15. The quantitative estimate of drug-likeness (QED) is 0.281. The summed E-state index contributed by atoms with van der Waals surface area (Å²) >= 11 is 1.32. The van der Waals surface area contributed by atoms with Gasteiger partial charge < -0.3 is 11.1 Å². The molecule has 1 aromatic heterocycles. The first-order valence-corrected chi connectivity index (χ1v) is 10.4. The lowest BCUT2D eigenvalue weighted by Gasteiger charge is -2.14. The highest BCUT2D eigenvalue weighted by Crippen LogP contribution is 2.28. The molecule has 5 N–H and O–H groups in total. The van der Waals surface area contributed by atoms with Gasteiger partial charge in [-0.1, -0.05) is 54.4 Å². The predicted molar refractivity (Wildman–Crippen MR) is 126 cm³/mol. The first-order valence-electron chi connectivity index (χ1n) is 9.38. The van der Waals surface area contributed by atoms with E-state index in [2.05, 4.69) is 45.6 Å². The van der Waals surface area contributed by atoms with Crippen LogP contribution in [0.4, 0.5) is 5.69 Å². The van der Waals surface area contributed by atoms with Crippen LogP contribution in [0.2, 0.25) is 0 Å². The fraction of sp³-hybridized carbons (Fsp3) is 0.130. The minimum absolute atomic E-state index is 0.570. The molecule has 0 amide bonds. The number of hydrogen-bond donors (Lipinski definition) is 3. The number of nitrogens with one attached hydrogen (secondary N) is 1. The van der Waals surface area contributed by atoms with Crippen molar-refractivity contribution in [3.05, 3.63) is 90.3 Å². The number of benzene rings is 2. The van der Waals surface area contributed by atoms with E-state index in [-0.39, 0.29) is 0 Å².